The van der Waals surface area contributed by atoms with Gasteiger partial charge in [0, 0.05) is 24.4 Å². The Labute approximate surface area is 129 Å². The summed E-state index contributed by atoms with van der Waals surface area (Å²) in [5, 5.41) is 5.98. The lowest BCUT2D eigenvalue weighted by atomic mass is 10.00. The number of nitrogens with two attached hydrogens (primary N) is 1. The molecule has 21 heavy (non-hydrogen) atoms. The van der Waals surface area contributed by atoms with Crippen LogP contribution in [0.3, 0.4) is 0 Å². The van der Waals surface area contributed by atoms with E-state index in [0.717, 1.165) is 19.3 Å². The van der Waals surface area contributed by atoms with E-state index in [9.17, 15) is 9.59 Å². The molecule has 1 saturated carbocycles. The second-order valence-corrected chi connectivity index (χ2v) is 5.91. The summed E-state index contributed by atoms with van der Waals surface area (Å²) in [5.74, 6) is -0.0710. The second kappa shape index (κ2) is 6.91. The maximum atomic E-state index is 12.1. The third kappa shape index (κ3) is 4.44. The Kier molecular flexibility index (Phi) is 5.20. The third-order valence-electron chi connectivity index (χ3n) is 3.73. The Bertz CT molecular complexity index is 548. The highest BCUT2D eigenvalue weighted by molar-refractivity contribution is 6.31. The molecule has 2 atom stereocenters. The second-order valence-electron chi connectivity index (χ2n) is 5.48. The van der Waals surface area contributed by atoms with Crippen LogP contribution in [0.2, 0.25) is 5.02 Å². The standard InChI is InChI=1S/C15H20ClN3O2/c1-9(20)18-14-8-11(16)5-6-13(14)19-15(21)7-10-3-2-4-12(10)17/h5-6,8,10,12H,2-4,7,17H2,1H3,(H,18,20)(H,19,21)/t10-,12+/m0/s1. The van der Waals surface area contributed by atoms with Crippen LogP contribution in [-0.2, 0) is 9.59 Å². The molecule has 0 aromatic heterocycles. The zero-order valence-electron chi connectivity index (χ0n) is 12.0. The molecular formula is C15H20ClN3O2. The Balaban J connectivity index is 2.04. The van der Waals surface area contributed by atoms with Crippen molar-refractivity contribution >= 4 is 34.8 Å². The molecule has 4 N–H and O–H groups in total. The average molecular weight is 310 g/mol. The maximum Gasteiger partial charge on any atom is 0.224 e. The van der Waals surface area contributed by atoms with Gasteiger partial charge in [-0.1, -0.05) is 18.0 Å². The summed E-state index contributed by atoms with van der Waals surface area (Å²) in [6.07, 6.45) is 3.46. The molecule has 1 aromatic rings. The molecule has 0 saturated heterocycles. The van der Waals surface area contributed by atoms with Crippen LogP contribution in [0, 0.1) is 5.92 Å². The van der Waals surface area contributed by atoms with Crippen molar-refractivity contribution in [2.75, 3.05) is 10.6 Å². The minimum atomic E-state index is -0.217. The normalized spacial score (nSPS) is 21.1. The van der Waals surface area contributed by atoms with Crippen molar-refractivity contribution in [2.24, 2.45) is 11.7 Å². The highest BCUT2D eigenvalue weighted by atomic mass is 35.5. The highest BCUT2D eigenvalue weighted by Crippen LogP contribution is 2.29. The van der Waals surface area contributed by atoms with Crippen LogP contribution in [0.25, 0.3) is 0 Å². The molecule has 2 amide bonds. The quantitative estimate of drug-likeness (QED) is 0.799. The van der Waals surface area contributed by atoms with Crippen molar-refractivity contribution in [3.05, 3.63) is 23.2 Å². The first-order chi connectivity index (χ1) is 9.95. The summed E-state index contributed by atoms with van der Waals surface area (Å²) in [7, 11) is 0. The predicted octanol–water partition coefficient (Wildman–Crippen LogP) is 2.75. The minimum absolute atomic E-state index is 0.0914. The van der Waals surface area contributed by atoms with Crippen LogP contribution in [0.1, 0.15) is 32.6 Å². The van der Waals surface area contributed by atoms with Crippen molar-refractivity contribution in [1.82, 2.24) is 0 Å². The van der Waals surface area contributed by atoms with Gasteiger partial charge in [0.25, 0.3) is 0 Å². The smallest absolute Gasteiger partial charge is 0.224 e. The summed E-state index contributed by atoms with van der Waals surface area (Å²) in [6.45, 7) is 1.41. The fourth-order valence-electron chi connectivity index (χ4n) is 2.68. The molecule has 114 valence electrons. The van der Waals surface area contributed by atoms with E-state index >= 15 is 0 Å². The van der Waals surface area contributed by atoms with E-state index in [1.807, 2.05) is 0 Å². The Morgan fingerprint density at radius 1 is 1.29 bits per heavy atom. The van der Waals surface area contributed by atoms with Gasteiger partial charge >= 0.3 is 0 Å². The molecule has 0 unspecified atom stereocenters. The predicted molar refractivity (Wildman–Crippen MR) is 84.3 cm³/mol. The molecule has 2 rings (SSSR count). The van der Waals surface area contributed by atoms with Crippen molar-refractivity contribution < 1.29 is 9.59 Å². The topological polar surface area (TPSA) is 84.2 Å². The van der Waals surface area contributed by atoms with Crippen LogP contribution < -0.4 is 16.4 Å². The van der Waals surface area contributed by atoms with E-state index in [4.69, 9.17) is 17.3 Å². The van der Waals surface area contributed by atoms with Crippen molar-refractivity contribution in [3.8, 4) is 0 Å². The fraction of sp³-hybridized carbons (Fsp3) is 0.467. The number of benzene rings is 1. The number of halogens is 1. The minimum Gasteiger partial charge on any atom is -0.327 e. The highest BCUT2D eigenvalue weighted by Gasteiger charge is 2.26. The summed E-state index contributed by atoms with van der Waals surface area (Å²) in [4.78, 5) is 23.3. The first kappa shape index (κ1) is 15.8. The lowest BCUT2D eigenvalue weighted by Crippen LogP contribution is -2.28. The van der Waals surface area contributed by atoms with Gasteiger partial charge in [0.1, 0.15) is 0 Å². The zero-order chi connectivity index (χ0) is 15.4. The van der Waals surface area contributed by atoms with E-state index < -0.39 is 0 Å². The van der Waals surface area contributed by atoms with Crippen LogP contribution in [-0.4, -0.2) is 17.9 Å². The number of carbonyl (C=O) groups excluding carboxylic acids is 2. The van der Waals surface area contributed by atoms with Crippen molar-refractivity contribution in [1.29, 1.82) is 0 Å². The Morgan fingerprint density at radius 2 is 2.05 bits per heavy atom. The number of anilines is 2. The number of hydrogen-bond acceptors (Lipinski definition) is 3. The summed E-state index contributed by atoms with van der Waals surface area (Å²) >= 11 is 5.91. The van der Waals surface area contributed by atoms with Gasteiger partial charge in [0.2, 0.25) is 11.8 Å². The molecule has 1 fully saturated rings. The van der Waals surface area contributed by atoms with E-state index in [0.29, 0.717) is 22.8 Å². The van der Waals surface area contributed by atoms with Gasteiger partial charge in [-0.2, -0.15) is 0 Å². The van der Waals surface area contributed by atoms with Crippen LogP contribution >= 0.6 is 11.6 Å². The lowest BCUT2D eigenvalue weighted by molar-refractivity contribution is -0.117. The van der Waals surface area contributed by atoms with E-state index in [1.165, 1.54) is 6.92 Å². The Hall–Kier alpha value is -1.59. The molecule has 5 nitrogen and oxygen atoms in total. The Morgan fingerprint density at radius 3 is 2.67 bits per heavy atom. The van der Waals surface area contributed by atoms with Crippen LogP contribution in [0.15, 0.2) is 18.2 Å². The fourth-order valence-corrected chi connectivity index (χ4v) is 2.85. The largest absolute Gasteiger partial charge is 0.327 e. The molecule has 0 heterocycles. The van der Waals surface area contributed by atoms with Gasteiger partial charge in [-0.05, 0) is 37.0 Å². The molecule has 0 spiro atoms. The SMILES string of the molecule is CC(=O)Nc1cc(Cl)ccc1NC(=O)C[C@@H]1CCC[C@H]1N. The maximum absolute atomic E-state index is 12.1. The summed E-state index contributed by atoms with van der Waals surface area (Å²) in [6, 6.07) is 5.07. The average Bonchev–Trinajstić information content (AvgIpc) is 2.78. The summed E-state index contributed by atoms with van der Waals surface area (Å²) < 4.78 is 0. The zero-order valence-corrected chi connectivity index (χ0v) is 12.7. The number of carbonyl (C=O) groups is 2. The molecule has 1 aromatic carbocycles. The molecule has 0 bridgehead atoms. The van der Waals surface area contributed by atoms with Gasteiger partial charge in [0.05, 0.1) is 11.4 Å². The molecule has 6 heteroatoms. The van der Waals surface area contributed by atoms with Gasteiger partial charge in [-0.15, -0.1) is 0 Å². The van der Waals surface area contributed by atoms with Gasteiger partial charge in [-0.3, -0.25) is 9.59 Å². The van der Waals surface area contributed by atoms with Gasteiger partial charge < -0.3 is 16.4 Å². The van der Waals surface area contributed by atoms with Crippen LogP contribution in [0.5, 0.6) is 0 Å². The third-order valence-corrected chi connectivity index (χ3v) is 3.97. The number of rotatable bonds is 4. The molecular weight excluding hydrogens is 290 g/mol. The van der Waals surface area contributed by atoms with Crippen LogP contribution in [0.4, 0.5) is 11.4 Å². The van der Waals surface area contributed by atoms with Crippen molar-refractivity contribution in [3.63, 3.8) is 0 Å². The molecule has 1 aliphatic rings. The number of hydrogen-bond donors (Lipinski definition) is 3. The first-order valence-electron chi connectivity index (χ1n) is 7.08. The van der Waals surface area contributed by atoms with E-state index in [2.05, 4.69) is 10.6 Å². The first-order valence-corrected chi connectivity index (χ1v) is 7.46. The van der Waals surface area contributed by atoms with E-state index in [1.54, 1.807) is 18.2 Å². The molecule has 1 aliphatic carbocycles. The van der Waals surface area contributed by atoms with E-state index in [-0.39, 0.29) is 23.8 Å². The van der Waals surface area contributed by atoms with Crippen molar-refractivity contribution in [2.45, 2.75) is 38.6 Å². The number of nitrogens with one attached hydrogen (secondary N) is 2. The lowest BCUT2D eigenvalue weighted by Gasteiger charge is -2.16. The monoisotopic (exact) mass is 309 g/mol. The van der Waals surface area contributed by atoms with Gasteiger partial charge in [0.15, 0.2) is 0 Å². The molecule has 0 radical (unpaired) electrons. The van der Waals surface area contributed by atoms with Gasteiger partial charge in [-0.25, -0.2) is 0 Å². The molecule has 0 aliphatic heterocycles. The summed E-state index contributed by atoms with van der Waals surface area (Å²) in [5.41, 5.74) is 7.03. The number of amides is 2.